The molecule has 1 heterocycles. The first-order valence-electron chi connectivity index (χ1n) is 10.3. The fraction of sp³-hybridized carbons (Fsp3) is 1.00. The highest BCUT2D eigenvalue weighted by Gasteiger charge is 2.48. The quantitative estimate of drug-likeness (QED) is 0.309. The Morgan fingerprint density at radius 2 is 1.56 bits per heavy atom. The van der Waals surface area contributed by atoms with Gasteiger partial charge in [-0.15, -0.1) is 0 Å². The van der Waals surface area contributed by atoms with E-state index >= 15 is 0 Å². The lowest BCUT2D eigenvalue weighted by Crippen LogP contribution is -2.54. The number of nitrogens with zero attached hydrogens (tertiary/aromatic N) is 1. The van der Waals surface area contributed by atoms with Gasteiger partial charge in [0.2, 0.25) is 0 Å². The van der Waals surface area contributed by atoms with Crippen LogP contribution in [0.5, 0.6) is 0 Å². The van der Waals surface area contributed by atoms with E-state index in [2.05, 4.69) is 39.2 Å². The Morgan fingerprint density at radius 1 is 0.920 bits per heavy atom. The van der Waals surface area contributed by atoms with Gasteiger partial charge in [-0.25, -0.2) is 0 Å². The van der Waals surface area contributed by atoms with Gasteiger partial charge in [0.1, 0.15) is 0 Å². The fourth-order valence-electron chi connectivity index (χ4n) is 3.58. The Bertz CT molecular complexity index is 324. The second-order valence-electron chi connectivity index (χ2n) is 6.60. The SMILES string of the molecule is CCO[Si](OCC)C(C)CCCCCN1CCC[Si]1(OCC)OCC. The molecule has 0 saturated carbocycles. The first kappa shape index (κ1) is 23.3. The number of hydrogen-bond acceptors (Lipinski definition) is 5. The normalized spacial score (nSPS) is 19.0. The lowest BCUT2D eigenvalue weighted by Gasteiger charge is -2.34. The maximum Gasteiger partial charge on any atom is 0.427 e. The van der Waals surface area contributed by atoms with Gasteiger partial charge in [-0.05, 0) is 60.0 Å². The molecular formula is C18H40NO4Si2. The summed E-state index contributed by atoms with van der Waals surface area (Å²) < 4.78 is 26.4. The van der Waals surface area contributed by atoms with Crippen molar-refractivity contribution in [2.75, 3.05) is 39.5 Å². The highest BCUT2D eigenvalue weighted by Crippen LogP contribution is 2.29. The van der Waals surface area contributed by atoms with Gasteiger partial charge in [-0.2, -0.15) is 0 Å². The van der Waals surface area contributed by atoms with Crippen LogP contribution in [0.1, 0.15) is 66.7 Å². The lowest BCUT2D eigenvalue weighted by molar-refractivity contribution is 0.135. The van der Waals surface area contributed by atoms with Crippen LogP contribution >= 0.6 is 0 Å². The third-order valence-electron chi connectivity index (χ3n) is 4.68. The van der Waals surface area contributed by atoms with Gasteiger partial charge >= 0.3 is 18.0 Å². The molecule has 0 spiro atoms. The molecule has 7 heteroatoms. The van der Waals surface area contributed by atoms with Crippen molar-refractivity contribution in [2.24, 2.45) is 0 Å². The van der Waals surface area contributed by atoms with E-state index in [4.69, 9.17) is 17.7 Å². The van der Waals surface area contributed by atoms with Crippen LogP contribution in [0.15, 0.2) is 0 Å². The van der Waals surface area contributed by atoms with Crippen LogP contribution in [0.4, 0.5) is 0 Å². The molecule has 1 unspecified atom stereocenters. The molecule has 0 aromatic carbocycles. The summed E-state index contributed by atoms with van der Waals surface area (Å²) in [7, 11) is -3.19. The molecule has 0 aromatic heterocycles. The summed E-state index contributed by atoms with van der Waals surface area (Å²) in [5.74, 6) is 0. The summed E-state index contributed by atoms with van der Waals surface area (Å²) in [5.41, 5.74) is 0.553. The summed E-state index contributed by atoms with van der Waals surface area (Å²) in [6.07, 6.45) is 6.16. The Kier molecular flexibility index (Phi) is 12.5. The van der Waals surface area contributed by atoms with E-state index < -0.39 is 18.0 Å². The van der Waals surface area contributed by atoms with E-state index in [9.17, 15) is 0 Å². The molecule has 149 valence electrons. The maximum atomic E-state index is 6.14. The zero-order valence-corrected chi connectivity index (χ0v) is 19.1. The van der Waals surface area contributed by atoms with Crippen LogP contribution in [-0.4, -0.2) is 62.1 Å². The van der Waals surface area contributed by atoms with Crippen LogP contribution < -0.4 is 0 Å². The highest BCUT2D eigenvalue weighted by atomic mass is 28.4. The average molecular weight is 391 g/mol. The van der Waals surface area contributed by atoms with Crippen molar-refractivity contribution >= 4 is 18.0 Å². The molecule has 1 rings (SSSR count). The van der Waals surface area contributed by atoms with Crippen LogP contribution in [0, 0.1) is 0 Å². The van der Waals surface area contributed by atoms with Crippen molar-refractivity contribution in [2.45, 2.75) is 78.3 Å². The Labute approximate surface area is 158 Å². The number of hydrogen-bond donors (Lipinski definition) is 0. The minimum absolute atomic E-state index is 0.553. The summed E-state index contributed by atoms with van der Waals surface area (Å²) >= 11 is 0. The fourth-order valence-corrected chi connectivity index (χ4v) is 8.80. The van der Waals surface area contributed by atoms with E-state index in [1.54, 1.807) is 0 Å². The average Bonchev–Trinajstić information content (AvgIpc) is 2.97. The van der Waals surface area contributed by atoms with Crippen molar-refractivity contribution in [3.8, 4) is 0 Å². The molecule has 1 aliphatic rings. The van der Waals surface area contributed by atoms with Gasteiger partial charge in [0.05, 0.1) is 0 Å². The number of rotatable bonds is 15. The van der Waals surface area contributed by atoms with Gasteiger partial charge in [-0.1, -0.05) is 19.8 Å². The minimum atomic E-state index is -2.08. The van der Waals surface area contributed by atoms with E-state index in [0.717, 1.165) is 45.6 Å². The Balaban J connectivity index is 2.29. The van der Waals surface area contributed by atoms with E-state index in [0.29, 0.717) is 5.54 Å². The molecular weight excluding hydrogens is 350 g/mol. The molecule has 0 N–H and O–H groups in total. The second-order valence-corrected chi connectivity index (χ2v) is 11.9. The van der Waals surface area contributed by atoms with Crippen LogP contribution in [-0.2, 0) is 17.7 Å². The van der Waals surface area contributed by atoms with Gasteiger partial charge in [-0.3, -0.25) is 4.57 Å². The molecule has 1 saturated heterocycles. The van der Waals surface area contributed by atoms with Crippen molar-refractivity contribution in [1.29, 1.82) is 0 Å². The van der Waals surface area contributed by atoms with E-state index in [1.165, 1.54) is 32.1 Å². The van der Waals surface area contributed by atoms with Crippen molar-refractivity contribution in [1.82, 2.24) is 4.57 Å². The van der Waals surface area contributed by atoms with E-state index in [1.807, 2.05) is 0 Å². The Hall–Kier alpha value is 0.234. The lowest BCUT2D eigenvalue weighted by atomic mass is 10.1. The molecule has 0 bridgehead atoms. The molecule has 1 aliphatic heterocycles. The summed E-state index contributed by atoms with van der Waals surface area (Å²) in [6, 6.07) is 1.13. The van der Waals surface area contributed by atoms with Crippen molar-refractivity contribution in [3.05, 3.63) is 0 Å². The molecule has 0 aromatic rings. The third kappa shape index (κ3) is 7.78. The molecule has 0 amide bonds. The predicted molar refractivity (Wildman–Crippen MR) is 107 cm³/mol. The first-order chi connectivity index (χ1) is 12.1. The largest absolute Gasteiger partial charge is 0.427 e. The molecule has 0 aliphatic carbocycles. The Morgan fingerprint density at radius 3 is 2.12 bits per heavy atom. The molecule has 1 fully saturated rings. The van der Waals surface area contributed by atoms with Crippen molar-refractivity contribution < 1.29 is 17.7 Å². The standard InChI is InChI=1S/C18H40NO4Si2/c1-6-20-24(21-7-2)18(5)14-11-10-12-15-19-16-13-17-25(19,22-8-3)23-9-4/h18H,6-17H2,1-5H3. The van der Waals surface area contributed by atoms with Gasteiger partial charge in [0.25, 0.3) is 0 Å². The summed E-state index contributed by atoms with van der Waals surface area (Å²) in [4.78, 5) is 0. The summed E-state index contributed by atoms with van der Waals surface area (Å²) in [6.45, 7) is 15.9. The number of unbranched alkanes of at least 4 members (excludes halogenated alkanes) is 2. The molecule has 25 heavy (non-hydrogen) atoms. The monoisotopic (exact) mass is 390 g/mol. The molecule has 1 radical (unpaired) electrons. The van der Waals surface area contributed by atoms with Crippen LogP contribution in [0.25, 0.3) is 0 Å². The van der Waals surface area contributed by atoms with Crippen molar-refractivity contribution in [3.63, 3.8) is 0 Å². The molecule has 1 atom stereocenters. The van der Waals surface area contributed by atoms with Crippen LogP contribution in [0.2, 0.25) is 11.6 Å². The topological polar surface area (TPSA) is 40.2 Å². The predicted octanol–water partition coefficient (Wildman–Crippen LogP) is 4.22. The van der Waals surface area contributed by atoms with Crippen LogP contribution in [0.3, 0.4) is 0 Å². The van der Waals surface area contributed by atoms with Gasteiger partial charge in [0, 0.05) is 38.0 Å². The maximum absolute atomic E-state index is 6.14. The zero-order valence-electron chi connectivity index (χ0n) is 17.1. The minimum Gasteiger partial charge on any atom is -0.393 e. The highest BCUT2D eigenvalue weighted by molar-refractivity contribution is 6.65. The van der Waals surface area contributed by atoms with Gasteiger partial charge < -0.3 is 17.7 Å². The smallest absolute Gasteiger partial charge is 0.393 e. The summed E-state index contributed by atoms with van der Waals surface area (Å²) in [5, 5.41) is 0. The zero-order chi connectivity index (χ0) is 18.5. The molecule has 5 nitrogen and oxygen atoms in total. The second kappa shape index (κ2) is 13.4. The first-order valence-corrected chi connectivity index (χ1v) is 13.6. The van der Waals surface area contributed by atoms with Gasteiger partial charge in [0.15, 0.2) is 0 Å². The van der Waals surface area contributed by atoms with E-state index in [-0.39, 0.29) is 0 Å². The third-order valence-corrected chi connectivity index (χ3v) is 10.8.